The van der Waals surface area contributed by atoms with E-state index in [1.807, 2.05) is 11.8 Å². The molecule has 0 bridgehead atoms. The highest BCUT2D eigenvalue weighted by molar-refractivity contribution is 5.74. The largest absolute Gasteiger partial charge is 0.393 e. The number of nitrogens with zero attached hydrogens (tertiary/aromatic N) is 2. The normalized spacial score (nSPS) is 30.9. The molecule has 0 spiro atoms. The molecule has 24 heavy (non-hydrogen) atoms. The molecular weight excluding hydrogens is 302 g/mol. The molecule has 2 saturated heterocycles. The highest BCUT2D eigenvalue weighted by Crippen LogP contribution is 2.27. The minimum Gasteiger partial charge on any atom is -0.393 e. The Balaban J connectivity index is 1.85. The lowest BCUT2D eigenvalue weighted by Crippen LogP contribution is -2.57. The molecule has 2 aliphatic rings. The fraction of sp³-hybridized carbons (Fsp3) is 0.947. The van der Waals surface area contributed by atoms with E-state index in [-0.39, 0.29) is 23.6 Å². The number of aliphatic hydroxyl groups excluding tert-OH is 1. The van der Waals surface area contributed by atoms with Gasteiger partial charge >= 0.3 is 6.03 Å². The first-order valence-electron chi connectivity index (χ1n) is 9.65. The van der Waals surface area contributed by atoms with E-state index in [1.54, 1.807) is 0 Å². The Bertz CT molecular complexity index is 415. The van der Waals surface area contributed by atoms with E-state index in [2.05, 4.69) is 37.9 Å². The Morgan fingerprint density at radius 1 is 1.25 bits per heavy atom. The van der Waals surface area contributed by atoms with E-state index in [4.69, 9.17) is 0 Å². The summed E-state index contributed by atoms with van der Waals surface area (Å²) in [6.45, 7) is 15.3. The van der Waals surface area contributed by atoms with Crippen LogP contribution in [-0.4, -0.2) is 65.3 Å². The second-order valence-corrected chi connectivity index (χ2v) is 8.91. The molecule has 2 heterocycles. The SMILES string of the molecule is CC1CC(C)CN(C(C)(C)CNC(=O)N2CCCC(C(C)O)C2)C1. The fourth-order valence-electron chi connectivity index (χ4n) is 4.26. The number of piperidine rings is 2. The van der Waals surface area contributed by atoms with Gasteiger partial charge in [0.15, 0.2) is 0 Å². The lowest BCUT2D eigenvalue weighted by Gasteiger charge is -2.45. The summed E-state index contributed by atoms with van der Waals surface area (Å²) in [7, 11) is 0. The number of urea groups is 1. The molecule has 0 radical (unpaired) electrons. The van der Waals surface area contributed by atoms with E-state index in [9.17, 15) is 9.90 Å². The van der Waals surface area contributed by atoms with Crippen molar-refractivity contribution in [3.63, 3.8) is 0 Å². The monoisotopic (exact) mass is 339 g/mol. The molecule has 0 saturated carbocycles. The van der Waals surface area contributed by atoms with Crippen LogP contribution in [0, 0.1) is 17.8 Å². The number of amides is 2. The number of hydrogen-bond acceptors (Lipinski definition) is 3. The summed E-state index contributed by atoms with van der Waals surface area (Å²) in [5, 5.41) is 12.9. The Hall–Kier alpha value is -0.810. The van der Waals surface area contributed by atoms with Crippen molar-refractivity contribution >= 4 is 6.03 Å². The zero-order valence-electron chi connectivity index (χ0n) is 16.2. The van der Waals surface area contributed by atoms with Gasteiger partial charge in [-0.3, -0.25) is 4.90 Å². The number of aliphatic hydroxyl groups is 1. The molecule has 0 aromatic rings. The third kappa shape index (κ3) is 5.09. The van der Waals surface area contributed by atoms with Gasteiger partial charge in [-0.25, -0.2) is 4.79 Å². The van der Waals surface area contributed by atoms with Crippen molar-refractivity contribution in [2.45, 2.75) is 65.5 Å². The quantitative estimate of drug-likeness (QED) is 0.827. The van der Waals surface area contributed by atoms with Gasteiger partial charge < -0.3 is 15.3 Å². The minimum absolute atomic E-state index is 0.0199. The van der Waals surface area contributed by atoms with Crippen molar-refractivity contribution in [3.8, 4) is 0 Å². The van der Waals surface area contributed by atoms with Crippen LogP contribution in [-0.2, 0) is 0 Å². The Morgan fingerprint density at radius 2 is 1.88 bits per heavy atom. The molecule has 2 aliphatic heterocycles. The van der Waals surface area contributed by atoms with Crippen molar-refractivity contribution in [2.75, 3.05) is 32.7 Å². The van der Waals surface area contributed by atoms with Crippen LogP contribution in [0.2, 0.25) is 0 Å². The summed E-state index contributed by atoms with van der Waals surface area (Å²) < 4.78 is 0. The van der Waals surface area contributed by atoms with E-state index >= 15 is 0 Å². The highest BCUT2D eigenvalue weighted by Gasteiger charge is 2.34. The average molecular weight is 340 g/mol. The fourth-order valence-corrected chi connectivity index (χ4v) is 4.26. The lowest BCUT2D eigenvalue weighted by atomic mass is 9.88. The average Bonchev–Trinajstić information content (AvgIpc) is 2.52. The molecule has 2 rings (SSSR count). The van der Waals surface area contributed by atoms with Crippen molar-refractivity contribution in [2.24, 2.45) is 17.8 Å². The summed E-state index contributed by atoms with van der Waals surface area (Å²) in [4.78, 5) is 16.9. The molecule has 4 unspecified atom stereocenters. The number of carbonyl (C=O) groups excluding carboxylic acids is 1. The highest BCUT2D eigenvalue weighted by atomic mass is 16.3. The predicted molar refractivity (Wildman–Crippen MR) is 98.0 cm³/mol. The summed E-state index contributed by atoms with van der Waals surface area (Å²) in [6, 6.07) is 0.0199. The van der Waals surface area contributed by atoms with Crippen molar-refractivity contribution in [1.82, 2.24) is 15.1 Å². The first kappa shape index (κ1) is 19.5. The molecule has 2 N–H and O–H groups in total. The van der Waals surface area contributed by atoms with Gasteiger partial charge in [0, 0.05) is 44.2 Å². The number of hydrogen-bond donors (Lipinski definition) is 2. The van der Waals surface area contributed by atoms with E-state index < -0.39 is 0 Å². The van der Waals surface area contributed by atoms with Crippen LogP contribution in [0.25, 0.3) is 0 Å². The van der Waals surface area contributed by atoms with Gasteiger partial charge in [0.05, 0.1) is 6.10 Å². The van der Waals surface area contributed by atoms with Crippen LogP contribution in [0.5, 0.6) is 0 Å². The lowest BCUT2D eigenvalue weighted by molar-refractivity contribution is 0.0443. The van der Waals surface area contributed by atoms with Crippen molar-refractivity contribution in [3.05, 3.63) is 0 Å². The third-order valence-corrected chi connectivity index (χ3v) is 5.82. The maximum absolute atomic E-state index is 12.5. The molecule has 0 aromatic carbocycles. The molecule has 0 aliphatic carbocycles. The van der Waals surface area contributed by atoms with Gasteiger partial charge in [-0.2, -0.15) is 0 Å². The first-order chi connectivity index (χ1) is 11.2. The molecular formula is C19H37N3O2. The van der Waals surface area contributed by atoms with Gasteiger partial charge in [-0.15, -0.1) is 0 Å². The van der Waals surface area contributed by atoms with Gasteiger partial charge in [0.2, 0.25) is 0 Å². The van der Waals surface area contributed by atoms with Crippen LogP contribution >= 0.6 is 0 Å². The molecule has 2 fully saturated rings. The van der Waals surface area contributed by atoms with Crippen LogP contribution < -0.4 is 5.32 Å². The number of carbonyl (C=O) groups is 1. The molecule has 2 amide bonds. The molecule has 0 aromatic heterocycles. The predicted octanol–water partition coefficient (Wildman–Crippen LogP) is 2.55. The molecule has 4 atom stereocenters. The Morgan fingerprint density at radius 3 is 2.46 bits per heavy atom. The van der Waals surface area contributed by atoms with Crippen molar-refractivity contribution < 1.29 is 9.90 Å². The molecule has 5 heteroatoms. The van der Waals surface area contributed by atoms with Gasteiger partial charge in [0.25, 0.3) is 0 Å². The maximum Gasteiger partial charge on any atom is 0.317 e. The van der Waals surface area contributed by atoms with Crippen LogP contribution in [0.4, 0.5) is 4.79 Å². The molecule has 5 nitrogen and oxygen atoms in total. The number of likely N-dealkylation sites (tertiary alicyclic amines) is 2. The zero-order valence-corrected chi connectivity index (χ0v) is 16.2. The van der Waals surface area contributed by atoms with Gasteiger partial charge in [0.1, 0.15) is 0 Å². The maximum atomic E-state index is 12.5. The van der Waals surface area contributed by atoms with E-state index in [0.717, 1.165) is 44.3 Å². The topological polar surface area (TPSA) is 55.8 Å². The Kier molecular flexibility index (Phi) is 6.54. The van der Waals surface area contributed by atoms with E-state index in [0.29, 0.717) is 13.1 Å². The smallest absolute Gasteiger partial charge is 0.317 e. The number of rotatable bonds is 4. The second kappa shape index (κ2) is 8.05. The zero-order chi connectivity index (χ0) is 17.9. The standard InChI is InChI=1S/C19H37N3O2/c1-14-9-15(2)11-22(10-14)19(4,5)13-20-18(24)21-8-6-7-17(12-21)16(3)23/h14-17,23H,6-13H2,1-5H3,(H,20,24). The van der Waals surface area contributed by atoms with Crippen LogP contribution in [0.1, 0.15) is 53.9 Å². The minimum atomic E-state index is -0.339. The summed E-state index contributed by atoms with van der Waals surface area (Å²) in [5.41, 5.74) is -0.0297. The third-order valence-electron chi connectivity index (χ3n) is 5.82. The molecule has 140 valence electrons. The first-order valence-corrected chi connectivity index (χ1v) is 9.65. The van der Waals surface area contributed by atoms with Gasteiger partial charge in [-0.1, -0.05) is 13.8 Å². The number of nitrogens with one attached hydrogen (secondary N) is 1. The van der Waals surface area contributed by atoms with E-state index in [1.165, 1.54) is 6.42 Å². The van der Waals surface area contributed by atoms with Gasteiger partial charge in [-0.05, 0) is 51.9 Å². The Labute approximate surface area is 147 Å². The van der Waals surface area contributed by atoms with Crippen LogP contribution in [0.15, 0.2) is 0 Å². The second-order valence-electron chi connectivity index (χ2n) is 8.91. The summed E-state index contributed by atoms with van der Waals surface area (Å²) >= 11 is 0. The van der Waals surface area contributed by atoms with Crippen LogP contribution in [0.3, 0.4) is 0 Å². The van der Waals surface area contributed by atoms with Crippen molar-refractivity contribution in [1.29, 1.82) is 0 Å². The summed E-state index contributed by atoms with van der Waals surface area (Å²) in [6.07, 6.45) is 2.95. The summed E-state index contributed by atoms with van der Waals surface area (Å²) in [5.74, 6) is 1.65.